The van der Waals surface area contributed by atoms with Crippen molar-refractivity contribution in [2.24, 2.45) is 0 Å². The quantitative estimate of drug-likeness (QED) is 0.440. The lowest BCUT2D eigenvalue weighted by atomic mass is 9.82. The zero-order valence-electron chi connectivity index (χ0n) is 23.9. The van der Waals surface area contributed by atoms with Crippen LogP contribution in [0.5, 0.6) is 0 Å². The molecule has 4 fully saturated rings. The van der Waals surface area contributed by atoms with Gasteiger partial charge in [0.25, 0.3) is 0 Å². The van der Waals surface area contributed by atoms with Crippen LogP contribution in [0.25, 0.3) is 0 Å². The lowest BCUT2D eigenvalue weighted by Gasteiger charge is -2.52. The minimum atomic E-state index is -0.739. The topological polar surface area (TPSA) is 95.8 Å². The second kappa shape index (κ2) is 13.2. The maximum atomic E-state index is 10.5. The fraction of sp³-hybridized carbons (Fsp3) is 0.636. The average Bonchev–Trinajstić information content (AvgIpc) is 3.12. The first-order chi connectivity index (χ1) is 20.0. The molecule has 4 aliphatic rings. The molecule has 0 saturated carbocycles. The van der Waals surface area contributed by atoms with Gasteiger partial charge in [-0.1, -0.05) is 60.7 Å². The van der Waals surface area contributed by atoms with E-state index in [1.54, 1.807) is 0 Å². The minimum absolute atomic E-state index is 0.0982. The summed E-state index contributed by atoms with van der Waals surface area (Å²) in [6.45, 7) is 3.60. The number of fused-ring (bicyclic) bond motifs is 3. The maximum absolute atomic E-state index is 10.5. The molecule has 2 aromatic carbocycles. The molecule has 10 atom stereocenters. The van der Waals surface area contributed by atoms with Crippen molar-refractivity contribution in [3.05, 3.63) is 71.8 Å². The fourth-order valence-corrected chi connectivity index (χ4v) is 6.88. The molecular weight excluding hydrogens is 524 g/mol. The third-order valence-corrected chi connectivity index (χ3v) is 9.27. The molecule has 8 nitrogen and oxygen atoms in total. The highest BCUT2D eigenvalue weighted by Crippen LogP contribution is 2.45. The van der Waals surface area contributed by atoms with Gasteiger partial charge in [0.15, 0.2) is 0 Å². The zero-order valence-corrected chi connectivity index (χ0v) is 23.9. The summed E-state index contributed by atoms with van der Waals surface area (Å²) in [4.78, 5) is 0. The van der Waals surface area contributed by atoms with Crippen molar-refractivity contribution >= 4 is 0 Å². The molecule has 0 unspecified atom stereocenters. The van der Waals surface area contributed by atoms with Crippen LogP contribution in [-0.4, -0.2) is 84.0 Å². The van der Waals surface area contributed by atoms with Crippen LogP contribution < -0.4 is 0 Å². The Morgan fingerprint density at radius 2 is 1.49 bits per heavy atom. The van der Waals surface area contributed by atoms with E-state index in [2.05, 4.69) is 31.2 Å². The molecule has 6 rings (SSSR count). The van der Waals surface area contributed by atoms with Crippen LogP contribution in [0.1, 0.15) is 56.6 Å². The van der Waals surface area contributed by atoms with Gasteiger partial charge in [0, 0.05) is 25.9 Å². The number of hydrogen-bond donors (Lipinski definition) is 2. The van der Waals surface area contributed by atoms with Crippen molar-refractivity contribution in [2.75, 3.05) is 13.2 Å². The van der Waals surface area contributed by atoms with Gasteiger partial charge in [-0.2, -0.15) is 0 Å². The van der Waals surface area contributed by atoms with E-state index < -0.39 is 17.8 Å². The summed E-state index contributed by atoms with van der Waals surface area (Å²) in [7, 11) is 0. The first-order valence-electron chi connectivity index (χ1n) is 15.2. The second-order valence-corrected chi connectivity index (χ2v) is 12.2. The summed E-state index contributed by atoms with van der Waals surface area (Å²) in [6, 6.07) is 20.4. The molecule has 0 amide bonds. The van der Waals surface area contributed by atoms with Crippen LogP contribution in [0.15, 0.2) is 60.7 Å². The Hall–Kier alpha value is -1.88. The van der Waals surface area contributed by atoms with Gasteiger partial charge in [-0.25, -0.2) is 0 Å². The number of hydrogen-bond acceptors (Lipinski definition) is 8. The van der Waals surface area contributed by atoms with Gasteiger partial charge in [0.05, 0.1) is 74.3 Å². The van der Waals surface area contributed by atoms with E-state index in [1.807, 2.05) is 36.4 Å². The van der Waals surface area contributed by atoms with Gasteiger partial charge in [-0.3, -0.25) is 0 Å². The highest BCUT2D eigenvalue weighted by atomic mass is 16.6. The van der Waals surface area contributed by atoms with Crippen molar-refractivity contribution in [1.82, 2.24) is 0 Å². The molecular formula is C33H44O8. The van der Waals surface area contributed by atoms with Gasteiger partial charge < -0.3 is 38.6 Å². The highest BCUT2D eigenvalue weighted by Gasteiger charge is 2.54. The predicted molar refractivity (Wildman–Crippen MR) is 151 cm³/mol. The standard InChI is InChI=1S/C33H44O8/c1-33-14-12-25-28(16-24(35)31(19-34)39-25)40-32(33)18-29-30(41-33)17-27(37-21-23-10-6-3-7-11-23)26(38-29)13-15-36-20-22-8-4-2-5-9-22/h2-11,24-32,34-35H,12-21H2,1H3/t24-,25-,26-,27+,28+,29+,30-,31+,32-,33+/m0/s1. The van der Waals surface area contributed by atoms with Crippen LogP contribution >= 0.6 is 0 Å². The number of ether oxygens (including phenoxy) is 6. The van der Waals surface area contributed by atoms with E-state index in [4.69, 9.17) is 28.4 Å². The molecule has 2 aromatic rings. The third kappa shape index (κ3) is 6.86. The van der Waals surface area contributed by atoms with E-state index in [1.165, 1.54) is 0 Å². The van der Waals surface area contributed by atoms with Gasteiger partial charge in [-0.15, -0.1) is 0 Å². The Bertz CT molecular complexity index is 1090. The average molecular weight is 569 g/mol. The normalized spacial score (nSPS) is 38.8. The van der Waals surface area contributed by atoms with Crippen LogP contribution in [0.4, 0.5) is 0 Å². The molecule has 0 aliphatic carbocycles. The van der Waals surface area contributed by atoms with Crippen molar-refractivity contribution in [2.45, 2.75) is 119 Å². The van der Waals surface area contributed by atoms with Crippen molar-refractivity contribution < 1.29 is 38.6 Å². The van der Waals surface area contributed by atoms with E-state index >= 15 is 0 Å². The molecule has 224 valence electrons. The third-order valence-electron chi connectivity index (χ3n) is 9.27. The molecule has 4 heterocycles. The van der Waals surface area contributed by atoms with Crippen LogP contribution in [-0.2, 0) is 41.6 Å². The predicted octanol–water partition coefficient (Wildman–Crippen LogP) is 3.94. The molecule has 4 saturated heterocycles. The Morgan fingerprint density at radius 3 is 2.22 bits per heavy atom. The summed E-state index contributed by atoms with van der Waals surface area (Å²) in [6.07, 6.45) is 1.88. The van der Waals surface area contributed by atoms with E-state index in [0.717, 1.165) is 43.2 Å². The molecule has 0 spiro atoms. The highest BCUT2D eigenvalue weighted by molar-refractivity contribution is 5.14. The summed E-state index contributed by atoms with van der Waals surface area (Å²) >= 11 is 0. The SMILES string of the molecule is C[C@@]12CC[C@@H]3O[C@H](CO)[C@@H](O)C[C@H]3O[C@H]1C[C@H]1O[C@@H](CCOCc3ccccc3)[C@H](OCc3ccccc3)C[C@@H]1O2. The first-order valence-corrected chi connectivity index (χ1v) is 15.2. The summed E-state index contributed by atoms with van der Waals surface area (Å²) in [5, 5.41) is 20.1. The summed E-state index contributed by atoms with van der Waals surface area (Å²) < 4.78 is 38.8. The van der Waals surface area contributed by atoms with Crippen LogP contribution in [0.3, 0.4) is 0 Å². The lowest BCUT2D eigenvalue weighted by molar-refractivity contribution is -0.293. The minimum Gasteiger partial charge on any atom is -0.394 e. The Kier molecular flexibility index (Phi) is 9.39. The Balaban J connectivity index is 1.12. The molecule has 2 N–H and O–H groups in total. The molecule has 0 aromatic heterocycles. The van der Waals surface area contributed by atoms with Crippen LogP contribution in [0.2, 0.25) is 0 Å². The smallest absolute Gasteiger partial charge is 0.107 e. The summed E-state index contributed by atoms with van der Waals surface area (Å²) in [5.41, 5.74) is 1.80. The molecule has 0 bridgehead atoms. The van der Waals surface area contributed by atoms with E-state index in [9.17, 15) is 10.2 Å². The number of benzene rings is 2. The van der Waals surface area contributed by atoms with Gasteiger partial charge in [0.1, 0.15) is 6.10 Å². The Morgan fingerprint density at radius 1 is 0.805 bits per heavy atom. The van der Waals surface area contributed by atoms with Gasteiger partial charge in [0.2, 0.25) is 0 Å². The second-order valence-electron chi connectivity index (χ2n) is 12.2. The van der Waals surface area contributed by atoms with Crippen molar-refractivity contribution in [3.8, 4) is 0 Å². The molecule has 4 aliphatic heterocycles. The number of aliphatic hydroxyl groups excluding tert-OH is 2. The number of rotatable bonds is 9. The zero-order chi connectivity index (χ0) is 28.2. The largest absolute Gasteiger partial charge is 0.394 e. The van der Waals surface area contributed by atoms with Gasteiger partial charge >= 0.3 is 0 Å². The maximum Gasteiger partial charge on any atom is 0.107 e. The van der Waals surface area contributed by atoms with Crippen molar-refractivity contribution in [1.29, 1.82) is 0 Å². The Labute approximate surface area is 242 Å². The number of aliphatic hydroxyl groups is 2. The first kappa shape index (κ1) is 29.2. The van der Waals surface area contributed by atoms with Crippen molar-refractivity contribution in [3.63, 3.8) is 0 Å². The molecule has 41 heavy (non-hydrogen) atoms. The van der Waals surface area contributed by atoms with E-state index in [0.29, 0.717) is 26.2 Å². The van der Waals surface area contributed by atoms with Crippen LogP contribution in [0, 0.1) is 0 Å². The van der Waals surface area contributed by atoms with Gasteiger partial charge in [-0.05, 0) is 37.3 Å². The fourth-order valence-electron chi connectivity index (χ4n) is 6.88. The molecule has 8 heteroatoms. The monoisotopic (exact) mass is 568 g/mol. The molecule has 0 radical (unpaired) electrons. The lowest BCUT2D eigenvalue weighted by Crippen LogP contribution is -2.61. The summed E-state index contributed by atoms with van der Waals surface area (Å²) in [5.74, 6) is 0. The van der Waals surface area contributed by atoms with E-state index in [-0.39, 0.29) is 49.3 Å².